The third-order valence-corrected chi connectivity index (χ3v) is 8.76. The SMILES string of the molecule is N=C(N)c1cccc(CC(NC(=O)CN2CCN(S(=O)(=O)Cc3ccccc3)CC2=O)C(=O)c2nccs2)c1. The van der Waals surface area contributed by atoms with Crippen molar-refractivity contribution in [3.63, 3.8) is 0 Å². The van der Waals surface area contributed by atoms with Gasteiger partial charge in [-0.1, -0.05) is 48.5 Å². The lowest BCUT2D eigenvalue weighted by Crippen LogP contribution is -2.55. The Bertz CT molecular complexity index is 1460. The van der Waals surface area contributed by atoms with Crippen LogP contribution in [-0.2, 0) is 31.8 Å². The highest BCUT2D eigenvalue weighted by Gasteiger charge is 2.33. The maximum absolute atomic E-state index is 13.1. The van der Waals surface area contributed by atoms with Gasteiger partial charge < -0.3 is 16.0 Å². The number of ketones is 1. The molecule has 0 radical (unpaired) electrons. The van der Waals surface area contributed by atoms with Gasteiger partial charge in [0.15, 0.2) is 5.01 Å². The standard InChI is InChI=1S/C26H28N6O5S2/c27-25(28)20-8-4-7-19(13-20)14-21(24(35)26-29-9-12-38-26)30-22(33)15-31-10-11-32(16-23(31)34)39(36,37)17-18-5-2-1-3-6-18/h1-9,12-13,21H,10-11,14-17H2,(H3,27,28)(H,30,33). The van der Waals surface area contributed by atoms with Gasteiger partial charge in [0.2, 0.25) is 27.6 Å². The molecule has 0 saturated carbocycles. The van der Waals surface area contributed by atoms with Crippen molar-refractivity contribution in [2.75, 3.05) is 26.2 Å². The van der Waals surface area contributed by atoms with Crippen molar-refractivity contribution in [3.05, 3.63) is 87.9 Å². The molecule has 1 aliphatic rings. The lowest BCUT2D eigenvalue weighted by molar-refractivity contribution is -0.138. The van der Waals surface area contributed by atoms with Crippen LogP contribution in [0.3, 0.4) is 0 Å². The minimum atomic E-state index is -3.71. The summed E-state index contributed by atoms with van der Waals surface area (Å²) in [6.07, 6.45) is 1.63. The van der Waals surface area contributed by atoms with Crippen molar-refractivity contribution < 1.29 is 22.8 Å². The second-order valence-corrected chi connectivity index (χ2v) is 11.9. The molecule has 39 heavy (non-hydrogen) atoms. The van der Waals surface area contributed by atoms with E-state index >= 15 is 0 Å². The Hall–Kier alpha value is -3.94. The van der Waals surface area contributed by atoms with Crippen molar-refractivity contribution in [1.82, 2.24) is 19.5 Å². The van der Waals surface area contributed by atoms with Crippen LogP contribution < -0.4 is 11.1 Å². The van der Waals surface area contributed by atoms with Gasteiger partial charge in [0, 0.05) is 36.7 Å². The van der Waals surface area contributed by atoms with Gasteiger partial charge in [0.25, 0.3) is 0 Å². The lowest BCUT2D eigenvalue weighted by Gasteiger charge is -2.33. The summed E-state index contributed by atoms with van der Waals surface area (Å²) < 4.78 is 26.8. The number of benzene rings is 2. The van der Waals surface area contributed by atoms with E-state index < -0.39 is 27.9 Å². The zero-order valence-corrected chi connectivity index (χ0v) is 22.6. The van der Waals surface area contributed by atoms with Gasteiger partial charge in [-0.25, -0.2) is 13.4 Å². The minimum Gasteiger partial charge on any atom is -0.384 e. The van der Waals surface area contributed by atoms with E-state index in [2.05, 4.69) is 10.3 Å². The van der Waals surface area contributed by atoms with E-state index in [1.165, 1.54) is 11.1 Å². The first-order valence-electron chi connectivity index (χ1n) is 12.1. The molecule has 1 aliphatic heterocycles. The Morgan fingerprint density at radius 3 is 2.51 bits per heavy atom. The van der Waals surface area contributed by atoms with E-state index in [0.717, 1.165) is 15.6 Å². The zero-order valence-electron chi connectivity index (χ0n) is 20.9. The number of nitrogens with one attached hydrogen (secondary N) is 2. The fourth-order valence-corrected chi connectivity index (χ4v) is 6.28. The summed E-state index contributed by atoms with van der Waals surface area (Å²) in [5.74, 6) is -1.76. The van der Waals surface area contributed by atoms with E-state index in [1.54, 1.807) is 60.0 Å². The highest BCUT2D eigenvalue weighted by atomic mass is 32.2. The molecule has 1 saturated heterocycles. The maximum atomic E-state index is 13.1. The van der Waals surface area contributed by atoms with Crippen LogP contribution in [0.25, 0.3) is 0 Å². The first-order chi connectivity index (χ1) is 18.6. The smallest absolute Gasteiger partial charge is 0.240 e. The largest absolute Gasteiger partial charge is 0.384 e. The predicted molar refractivity (Wildman–Crippen MR) is 147 cm³/mol. The molecule has 3 aromatic rings. The quantitative estimate of drug-likeness (QED) is 0.176. The Kier molecular flexibility index (Phi) is 8.84. The number of piperazine rings is 1. The van der Waals surface area contributed by atoms with Crippen molar-refractivity contribution >= 4 is 44.8 Å². The summed E-state index contributed by atoms with van der Waals surface area (Å²) in [7, 11) is -3.71. The van der Waals surface area contributed by atoms with E-state index in [-0.39, 0.29) is 55.0 Å². The number of nitrogens with two attached hydrogens (primary N) is 1. The fraction of sp³-hybridized carbons (Fsp3) is 0.269. The van der Waals surface area contributed by atoms with Gasteiger partial charge in [-0.3, -0.25) is 19.8 Å². The van der Waals surface area contributed by atoms with Crippen LogP contribution in [0.2, 0.25) is 0 Å². The summed E-state index contributed by atoms with van der Waals surface area (Å²) >= 11 is 1.15. The summed E-state index contributed by atoms with van der Waals surface area (Å²) in [5.41, 5.74) is 7.38. The van der Waals surface area contributed by atoms with E-state index in [4.69, 9.17) is 11.1 Å². The molecule has 1 atom stereocenters. The number of carbonyl (C=O) groups excluding carboxylic acids is 3. The first kappa shape index (κ1) is 28.1. The topological polar surface area (TPSA) is 167 Å². The van der Waals surface area contributed by atoms with Crippen molar-refractivity contribution in [2.24, 2.45) is 5.73 Å². The molecule has 2 amide bonds. The number of nitrogens with zero attached hydrogens (tertiary/aromatic N) is 3. The number of thiazole rings is 1. The third kappa shape index (κ3) is 7.34. The first-order valence-corrected chi connectivity index (χ1v) is 14.6. The summed E-state index contributed by atoms with van der Waals surface area (Å²) in [6, 6.07) is 14.6. The summed E-state index contributed by atoms with van der Waals surface area (Å²) in [5, 5.41) is 12.3. The fourth-order valence-electron chi connectivity index (χ4n) is 4.19. The van der Waals surface area contributed by atoms with Gasteiger partial charge in [0.05, 0.1) is 24.9 Å². The molecule has 0 aliphatic carbocycles. The van der Waals surface area contributed by atoms with Crippen LogP contribution in [0.15, 0.2) is 66.2 Å². The number of sulfonamides is 1. The number of carbonyl (C=O) groups is 3. The highest BCUT2D eigenvalue weighted by molar-refractivity contribution is 7.88. The number of nitrogen functional groups attached to an aromatic ring is 1. The number of amidine groups is 1. The predicted octanol–water partition coefficient (Wildman–Crippen LogP) is 1.01. The number of hydrogen-bond donors (Lipinski definition) is 3. The summed E-state index contributed by atoms with van der Waals surface area (Å²) in [6.45, 7) is -0.568. The normalized spacial score (nSPS) is 15.1. The second-order valence-electron chi connectivity index (χ2n) is 9.03. The minimum absolute atomic E-state index is 0.0476. The monoisotopic (exact) mass is 568 g/mol. The molecule has 13 heteroatoms. The molecule has 11 nitrogen and oxygen atoms in total. The number of Topliss-reactive ketones (excluding diaryl/α,β-unsaturated/α-hetero) is 1. The molecule has 2 heterocycles. The van der Waals surface area contributed by atoms with Crippen molar-refractivity contribution in [3.8, 4) is 0 Å². The van der Waals surface area contributed by atoms with E-state index in [9.17, 15) is 22.8 Å². The van der Waals surface area contributed by atoms with Gasteiger partial charge in [-0.15, -0.1) is 11.3 Å². The molecule has 204 valence electrons. The van der Waals surface area contributed by atoms with Crippen LogP contribution >= 0.6 is 11.3 Å². The van der Waals surface area contributed by atoms with Crippen LogP contribution in [-0.4, -0.2) is 78.3 Å². The average molecular weight is 569 g/mol. The highest BCUT2D eigenvalue weighted by Crippen LogP contribution is 2.16. The Morgan fingerprint density at radius 2 is 1.85 bits per heavy atom. The molecular formula is C26H28N6O5S2. The molecule has 0 spiro atoms. The number of aromatic nitrogens is 1. The Morgan fingerprint density at radius 1 is 1.10 bits per heavy atom. The number of rotatable bonds is 11. The van der Waals surface area contributed by atoms with Crippen LogP contribution in [0.4, 0.5) is 0 Å². The third-order valence-electron chi connectivity index (χ3n) is 6.18. The van der Waals surface area contributed by atoms with Crippen molar-refractivity contribution in [1.29, 1.82) is 5.41 Å². The van der Waals surface area contributed by atoms with Crippen LogP contribution in [0, 0.1) is 5.41 Å². The Balaban J connectivity index is 1.40. The van der Waals surface area contributed by atoms with Crippen molar-refractivity contribution in [2.45, 2.75) is 18.2 Å². The maximum Gasteiger partial charge on any atom is 0.240 e. The van der Waals surface area contributed by atoms with Gasteiger partial charge >= 0.3 is 0 Å². The molecule has 1 unspecified atom stereocenters. The zero-order chi connectivity index (χ0) is 28.0. The number of amides is 2. The molecule has 1 aromatic heterocycles. The Labute approximate surface area is 230 Å². The second kappa shape index (κ2) is 12.3. The molecular weight excluding hydrogens is 540 g/mol. The average Bonchev–Trinajstić information content (AvgIpc) is 3.44. The molecule has 2 aromatic carbocycles. The molecule has 1 fully saturated rings. The summed E-state index contributed by atoms with van der Waals surface area (Å²) in [4.78, 5) is 44.2. The van der Waals surface area contributed by atoms with E-state index in [1.807, 2.05) is 0 Å². The number of hydrogen-bond acceptors (Lipinski definition) is 8. The van der Waals surface area contributed by atoms with E-state index in [0.29, 0.717) is 16.7 Å². The van der Waals surface area contributed by atoms with Crippen LogP contribution in [0.1, 0.15) is 26.5 Å². The van der Waals surface area contributed by atoms with Gasteiger partial charge in [0.1, 0.15) is 5.84 Å². The molecule has 0 bridgehead atoms. The van der Waals surface area contributed by atoms with Gasteiger partial charge in [-0.2, -0.15) is 4.31 Å². The molecule has 4 N–H and O–H groups in total. The molecule has 4 rings (SSSR count). The van der Waals surface area contributed by atoms with Gasteiger partial charge in [-0.05, 0) is 17.2 Å². The lowest BCUT2D eigenvalue weighted by atomic mass is 10.00. The van der Waals surface area contributed by atoms with Crippen LogP contribution in [0.5, 0.6) is 0 Å².